The molecule has 0 aliphatic carbocycles. The summed E-state index contributed by atoms with van der Waals surface area (Å²) < 4.78 is 7.26. The van der Waals surface area contributed by atoms with Crippen molar-refractivity contribution in [1.82, 2.24) is 9.78 Å². The Morgan fingerprint density at radius 3 is 3.08 bits per heavy atom. The van der Waals surface area contributed by atoms with Crippen LogP contribution in [0.4, 0.5) is 0 Å². The third kappa shape index (κ3) is 1.70. The Morgan fingerprint density at radius 2 is 2.38 bits per heavy atom. The Hall–Kier alpha value is -0.580. The van der Waals surface area contributed by atoms with Gasteiger partial charge in [0.1, 0.15) is 0 Å². The molecule has 2 heterocycles. The highest BCUT2D eigenvalue weighted by Gasteiger charge is 2.18. The lowest BCUT2D eigenvalue weighted by Crippen LogP contribution is -2.12. The molecule has 0 saturated carbocycles. The van der Waals surface area contributed by atoms with E-state index >= 15 is 0 Å². The van der Waals surface area contributed by atoms with Gasteiger partial charge in [0.25, 0.3) is 0 Å². The van der Waals surface area contributed by atoms with E-state index < -0.39 is 0 Å². The third-order valence-corrected chi connectivity index (χ3v) is 2.28. The monoisotopic (exact) mass is 203 g/mol. The van der Waals surface area contributed by atoms with E-state index in [1.165, 1.54) is 11.3 Å². The smallest absolute Gasteiger partial charge is 0.0818 e. The number of rotatable bonds is 1. The Labute approximate surface area is 83.5 Å². The molecule has 2 N–H and O–H groups in total. The van der Waals surface area contributed by atoms with E-state index in [4.69, 9.17) is 10.5 Å². The summed E-state index contributed by atoms with van der Waals surface area (Å²) >= 11 is 0. The maximum absolute atomic E-state index is 5.56. The molecule has 1 aliphatic heterocycles. The molecule has 74 valence electrons. The first-order chi connectivity index (χ1) is 5.83. The first-order valence-corrected chi connectivity index (χ1v) is 4.14. The highest BCUT2D eigenvalue weighted by atomic mass is 35.5. The summed E-state index contributed by atoms with van der Waals surface area (Å²) in [7, 11) is 1.96. The van der Waals surface area contributed by atoms with Crippen LogP contribution in [0, 0.1) is 0 Å². The number of aryl methyl sites for hydroxylation is 1. The summed E-state index contributed by atoms with van der Waals surface area (Å²) in [5, 5.41) is 4.32. The van der Waals surface area contributed by atoms with Crippen LogP contribution < -0.4 is 5.73 Å². The normalized spacial score (nSPS) is 14.9. The summed E-state index contributed by atoms with van der Waals surface area (Å²) in [5.41, 5.74) is 9.01. The van der Waals surface area contributed by atoms with E-state index in [9.17, 15) is 0 Å². The van der Waals surface area contributed by atoms with Gasteiger partial charge in [-0.2, -0.15) is 5.10 Å². The lowest BCUT2D eigenvalue weighted by atomic mass is 10.1. The average molecular weight is 204 g/mol. The fourth-order valence-corrected chi connectivity index (χ4v) is 1.65. The molecule has 2 rings (SSSR count). The van der Waals surface area contributed by atoms with Crippen molar-refractivity contribution in [3.8, 4) is 0 Å². The first-order valence-electron chi connectivity index (χ1n) is 4.14. The molecule has 0 atom stereocenters. The number of aromatic nitrogens is 2. The van der Waals surface area contributed by atoms with E-state index in [2.05, 4.69) is 5.10 Å². The molecule has 0 unspecified atom stereocenters. The molecule has 1 aromatic rings. The summed E-state index contributed by atoms with van der Waals surface area (Å²) in [5.74, 6) is 0. The van der Waals surface area contributed by atoms with Crippen LogP contribution >= 0.6 is 12.4 Å². The van der Waals surface area contributed by atoms with Crippen LogP contribution in [0.1, 0.15) is 17.0 Å². The van der Waals surface area contributed by atoms with E-state index in [1.54, 1.807) is 0 Å². The summed E-state index contributed by atoms with van der Waals surface area (Å²) in [6.45, 7) is 1.98. The largest absolute Gasteiger partial charge is 0.376 e. The molecular formula is C8H14ClN3O. The Balaban J connectivity index is 0.000000845. The van der Waals surface area contributed by atoms with Crippen molar-refractivity contribution in [2.24, 2.45) is 12.8 Å². The predicted molar refractivity (Wildman–Crippen MR) is 51.7 cm³/mol. The van der Waals surface area contributed by atoms with Gasteiger partial charge in [-0.3, -0.25) is 4.68 Å². The van der Waals surface area contributed by atoms with Gasteiger partial charge in [0.2, 0.25) is 0 Å². The molecular weight excluding hydrogens is 190 g/mol. The van der Waals surface area contributed by atoms with Gasteiger partial charge in [-0.15, -0.1) is 12.4 Å². The Morgan fingerprint density at radius 1 is 1.62 bits per heavy atom. The molecule has 13 heavy (non-hydrogen) atoms. The molecule has 5 heteroatoms. The van der Waals surface area contributed by atoms with E-state index in [0.29, 0.717) is 13.2 Å². The van der Waals surface area contributed by atoms with Crippen LogP contribution in [0.5, 0.6) is 0 Å². The van der Waals surface area contributed by atoms with Gasteiger partial charge in [-0.25, -0.2) is 0 Å². The van der Waals surface area contributed by atoms with Crippen LogP contribution in [0.15, 0.2) is 0 Å². The molecule has 4 nitrogen and oxygen atoms in total. The number of nitrogens with zero attached hydrogens (tertiary/aromatic N) is 2. The van der Waals surface area contributed by atoms with Crippen LogP contribution in [-0.4, -0.2) is 16.4 Å². The molecule has 0 fully saturated rings. The minimum atomic E-state index is 0. The predicted octanol–water partition coefficient (Wildman–Crippen LogP) is 0.373. The highest BCUT2D eigenvalue weighted by molar-refractivity contribution is 5.85. The second kappa shape index (κ2) is 4.09. The molecule has 0 radical (unpaired) electrons. The molecule has 1 aliphatic rings. The van der Waals surface area contributed by atoms with Crippen molar-refractivity contribution in [2.75, 3.05) is 6.61 Å². The second-order valence-corrected chi connectivity index (χ2v) is 3.00. The topological polar surface area (TPSA) is 53.1 Å². The van der Waals surface area contributed by atoms with Gasteiger partial charge in [0.05, 0.1) is 18.9 Å². The summed E-state index contributed by atoms with van der Waals surface area (Å²) in [6.07, 6.45) is 0.957. The Bertz CT molecular complexity index is 298. The minimum Gasteiger partial charge on any atom is -0.376 e. The van der Waals surface area contributed by atoms with E-state index in [0.717, 1.165) is 18.7 Å². The zero-order valence-corrected chi connectivity index (χ0v) is 8.43. The van der Waals surface area contributed by atoms with E-state index in [1.807, 2.05) is 11.7 Å². The number of fused-ring (bicyclic) bond motifs is 1. The van der Waals surface area contributed by atoms with E-state index in [-0.39, 0.29) is 12.4 Å². The van der Waals surface area contributed by atoms with Gasteiger partial charge < -0.3 is 10.5 Å². The van der Waals surface area contributed by atoms with Crippen LogP contribution in [0.2, 0.25) is 0 Å². The Kier molecular flexibility index (Phi) is 3.30. The number of halogens is 1. The fraction of sp³-hybridized carbons (Fsp3) is 0.625. The van der Waals surface area contributed by atoms with Crippen molar-refractivity contribution >= 4 is 12.4 Å². The third-order valence-electron chi connectivity index (χ3n) is 2.28. The molecule has 0 spiro atoms. The number of ether oxygens (including phenoxy) is 1. The zero-order valence-electron chi connectivity index (χ0n) is 7.62. The van der Waals surface area contributed by atoms with Gasteiger partial charge >= 0.3 is 0 Å². The van der Waals surface area contributed by atoms with Crippen molar-refractivity contribution in [3.63, 3.8) is 0 Å². The fourth-order valence-electron chi connectivity index (χ4n) is 1.65. The lowest BCUT2D eigenvalue weighted by molar-refractivity contribution is 0.108. The molecule has 0 bridgehead atoms. The molecule has 0 amide bonds. The van der Waals surface area contributed by atoms with Gasteiger partial charge in [0, 0.05) is 31.3 Å². The SMILES string of the molecule is Cl.Cn1nc(CN)c2c1CCOC2. The maximum Gasteiger partial charge on any atom is 0.0818 e. The van der Waals surface area contributed by atoms with Crippen LogP contribution in [0.3, 0.4) is 0 Å². The van der Waals surface area contributed by atoms with Gasteiger partial charge in [0.15, 0.2) is 0 Å². The number of hydrogen-bond acceptors (Lipinski definition) is 3. The molecule has 0 saturated heterocycles. The van der Waals surface area contributed by atoms with Gasteiger partial charge in [-0.05, 0) is 0 Å². The van der Waals surface area contributed by atoms with Crippen molar-refractivity contribution in [1.29, 1.82) is 0 Å². The summed E-state index contributed by atoms with van der Waals surface area (Å²) in [6, 6.07) is 0. The first kappa shape index (κ1) is 10.5. The lowest BCUT2D eigenvalue weighted by Gasteiger charge is -2.13. The number of nitrogens with two attached hydrogens (primary N) is 1. The van der Waals surface area contributed by atoms with Gasteiger partial charge in [-0.1, -0.05) is 0 Å². The van der Waals surface area contributed by atoms with Crippen molar-refractivity contribution in [3.05, 3.63) is 17.0 Å². The molecule has 1 aromatic heterocycles. The standard InChI is InChI=1S/C8H13N3O.ClH/c1-11-8-2-3-12-5-6(8)7(4-9)10-11;/h2-5,9H2,1H3;1H. The average Bonchev–Trinajstić information content (AvgIpc) is 2.44. The highest BCUT2D eigenvalue weighted by Crippen LogP contribution is 2.19. The zero-order chi connectivity index (χ0) is 8.55. The van der Waals surface area contributed by atoms with Crippen LogP contribution in [0.25, 0.3) is 0 Å². The number of hydrogen-bond donors (Lipinski definition) is 1. The maximum atomic E-state index is 5.56. The van der Waals surface area contributed by atoms with Crippen molar-refractivity contribution < 1.29 is 4.74 Å². The minimum absolute atomic E-state index is 0. The van der Waals surface area contributed by atoms with Crippen LogP contribution in [-0.2, 0) is 31.4 Å². The van der Waals surface area contributed by atoms with Crippen molar-refractivity contribution in [2.45, 2.75) is 19.6 Å². The second-order valence-electron chi connectivity index (χ2n) is 3.00. The molecule has 0 aromatic carbocycles. The summed E-state index contributed by atoms with van der Waals surface area (Å²) in [4.78, 5) is 0. The quantitative estimate of drug-likeness (QED) is 0.718.